The second kappa shape index (κ2) is 11.2. The zero-order valence-electron chi connectivity index (χ0n) is 14.2. The maximum absolute atomic E-state index is 11.2. The Morgan fingerprint density at radius 2 is 2.04 bits per heavy atom. The van der Waals surface area contributed by atoms with Crippen LogP contribution in [0, 0.1) is 11.3 Å². The number of hydrogen-bond acceptors (Lipinski definition) is 9. The molecule has 2 atom stereocenters. The van der Waals surface area contributed by atoms with Crippen LogP contribution in [0.1, 0.15) is 5.56 Å². The summed E-state index contributed by atoms with van der Waals surface area (Å²) in [7, 11) is 1.68. The Balaban J connectivity index is 0.00000338. The summed E-state index contributed by atoms with van der Waals surface area (Å²) >= 11 is -1.57. The minimum atomic E-state index is -1.57. The first-order valence-electron chi connectivity index (χ1n) is 7.66. The summed E-state index contributed by atoms with van der Waals surface area (Å²) in [4.78, 5) is 0. The number of anilines is 2. The van der Waals surface area contributed by atoms with Gasteiger partial charge in [0.15, 0.2) is 11.1 Å². The first-order chi connectivity index (χ1) is 12.1. The number of aliphatic hydroxyl groups is 1. The van der Waals surface area contributed by atoms with Gasteiger partial charge in [-0.2, -0.15) is 5.26 Å². The number of ether oxygens (including phenoxy) is 1. The fourth-order valence-electron chi connectivity index (χ4n) is 2.01. The highest BCUT2D eigenvalue weighted by molar-refractivity contribution is 7.14. The Morgan fingerprint density at radius 1 is 1.31 bits per heavy atom. The molecule has 0 saturated carbocycles. The van der Waals surface area contributed by atoms with Gasteiger partial charge < -0.3 is 35.8 Å². The SMILES string of the molecule is CNc1n[s+]([O-])nc1NCCNCC(O)COc1ccccc1C#N.O. The van der Waals surface area contributed by atoms with Crippen LogP contribution in [0.15, 0.2) is 24.3 Å². The van der Waals surface area contributed by atoms with Crippen molar-refractivity contribution in [3.63, 3.8) is 0 Å². The third-order valence-corrected chi connectivity index (χ3v) is 3.89. The number of nitriles is 1. The molecule has 0 fully saturated rings. The molecule has 142 valence electrons. The van der Waals surface area contributed by atoms with Crippen LogP contribution in [0.2, 0.25) is 0 Å². The van der Waals surface area contributed by atoms with Gasteiger partial charge in [0, 0.05) is 35.4 Å². The zero-order chi connectivity index (χ0) is 18.1. The van der Waals surface area contributed by atoms with E-state index in [0.29, 0.717) is 42.6 Å². The number of aromatic nitrogens is 2. The van der Waals surface area contributed by atoms with Gasteiger partial charge in [0.1, 0.15) is 24.5 Å². The van der Waals surface area contributed by atoms with Crippen molar-refractivity contribution in [2.45, 2.75) is 6.10 Å². The number of aliphatic hydroxyl groups excluding tert-OH is 1. The third-order valence-electron chi connectivity index (χ3n) is 3.21. The van der Waals surface area contributed by atoms with E-state index < -0.39 is 17.2 Å². The summed E-state index contributed by atoms with van der Waals surface area (Å²) in [6.07, 6.45) is -0.711. The van der Waals surface area contributed by atoms with Gasteiger partial charge in [-0.05, 0) is 12.1 Å². The number of rotatable bonds is 10. The highest BCUT2D eigenvalue weighted by Gasteiger charge is 2.13. The van der Waals surface area contributed by atoms with E-state index in [-0.39, 0.29) is 12.1 Å². The molecule has 11 heteroatoms. The van der Waals surface area contributed by atoms with Crippen LogP contribution in [0.3, 0.4) is 0 Å². The summed E-state index contributed by atoms with van der Waals surface area (Å²) in [6.45, 7) is 1.51. The summed E-state index contributed by atoms with van der Waals surface area (Å²) in [5.74, 6) is 1.37. The second-order valence-corrected chi connectivity index (χ2v) is 5.89. The van der Waals surface area contributed by atoms with Crippen LogP contribution in [0.4, 0.5) is 11.6 Å². The van der Waals surface area contributed by atoms with E-state index in [1.165, 1.54) is 0 Å². The molecule has 26 heavy (non-hydrogen) atoms. The summed E-state index contributed by atoms with van der Waals surface area (Å²) in [5, 5.41) is 27.8. The van der Waals surface area contributed by atoms with Gasteiger partial charge in [-0.1, -0.05) is 12.1 Å². The minimum absolute atomic E-state index is 0. The van der Waals surface area contributed by atoms with E-state index in [9.17, 15) is 9.66 Å². The third kappa shape index (κ3) is 6.43. The maximum atomic E-state index is 11.2. The van der Waals surface area contributed by atoms with Crippen molar-refractivity contribution < 1.29 is 19.9 Å². The fourth-order valence-corrected chi connectivity index (χ4v) is 2.69. The van der Waals surface area contributed by atoms with Crippen LogP contribution in [-0.2, 0) is 0 Å². The predicted octanol–water partition coefficient (Wildman–Crippen LogP) is -0.266. The predicted molar refractivity (Wildman–Crippen MR) is 97.9 cm³/mol. The van der Waals surface area contributed by atoms with Crippen molar-refractivity contribution in [1.29, 1.82) is 5.26 Å². The molecular weight excluding hydrogens is 360 g/mol. The Morgan fingerprint density at radius 3 is 2.77 bits per heavy atom. The average Bonchev–Trinajstić information content (AvgIpc) is 2.99. The van der Waals surface area contributed by atoms with Crippen molar-refractivity contribution in [1.82, 2.24) is 14.1 Å². The Bertz CT molecular complexity index is 720. The van der Waals surface area contributed by atoms with Crippen molar-refractivity contribution in [2.75, 3.05) is 43.9 Å². The van der Waals surface area contributed by atoms with E-state index in [4.69, 9.17) is 10.00 Å². The van der Waals surface area contributed by atoms with Crippen molar-refractivity contribution in [3.8, 4) is 11.8 Å². The van der Waals surface area contributed by atoms with Gasteiger partial charge in [-0.15, -0.1) is 0 Å². The highest BCUT2D eigenvalue weighted by atomic mass is 32.2. The molecule has 10 nitrogen and oxygen atoms in total. The Kier molecular flexibility index (Phi) is 9.27. The molecule has 1 aromatic heterocycles. The first kappa shape index (κ1) is 21.6. The largest absolute Gasteiger partial charge is 0.546 e. The lowest BCUT2D eigenvalue weighted by Gasteiger charge is -2.14. The number of benzene rings is 1. The van der Waals surface area contributed by atoms with E-state index in [2.05, 4.69) is 24.7 Å². The lowest BCUT2D eigenvalue weighted by molar-refractivity contribution is 0.107. The topological polar surface area (TPSA) is 170 Å². The molecule has 2 unspecified atom stereocenters. The average molecular weight is 382 g/mol. The molecule has 6 N–H and O–H groups in total. The maximum Gasteiger partial charge on any atom is 0.232 e. The normalized spacial score (nSPS) is 11.8. The van der Waals surface area contributed by atoms with Crippen LogP contribution in [0.5, 0.6) is 5.75 Å². The van der Waals surface area contributed by atoms with Crippen molar-refractivity contribution in [2.24, 2.45) is 0 Å². The molecule has 0 saturated heterocycles. The molecule has 0 bridgehead atoms. The Labute approximate surface area is 154 Å². The van der Waals surface area contributed by atoms with Gasteiger partial charge in [-0.3, -0.25) is 0 Å². The summed E-state index contributed by atoms with van der Waals surface area (Å²) < 4.78 is 24.3. The number of para-hydroxylation sites is 1. The molecular formula is C15H22N6O4S. The van der Waals surface area contributed by atoms with Crippen LogP contribution >= 0.6 is 11.1 Å². The number of hydrogen-bond donors (Lipinski definition) is 4. The molecule has 0 amide bonds. The van der Waals surface area contributed by atoms with E-state index >= 15 is 0 Å². The molecule has 0 aliphatic rings. The lowest BCUT2D eigenvalue weighted by Crippen LogP contribution is -2.34. The Hall–Kier alpha value is -2.49. The standard InChI is InChI=1S/C15H20N6O3S.H2O/c1-17-14-15(21-25(23)20-14)19-7-6-18-9-12(22)10-24-13-5-3-2-4-11(13)8-16;/h2-5,12,18,22H,6-7,9-10H2,1H3,(H,17,20)(H,19,21);1H2. The monoisotopic (exact) mass is 382 g/mol. The lowest BCUT2D eigenvalue weighted by atomic mass is 10.2. The van der Waals surface area contributed by atoms with Gasteiger partial charge >= 0.3 is 0 Å². The second-order valence-electron chi connectivity index (χ2n) is 5.06. The molecule has 2 rings (SSSR count). The van der Waals surface area contributed by atoms with E-state index in [0.717, 1.165) is 0 Å². The van der Waals surface area contributed by atoms with Gasteiger partial charge in [0.05, 0.1) is 5.56 Å². The number of nitrogens with one attached hydrogen (secondary N) is 3. The molecule has 0 radical (unpaired) electrons. The molecule has 0 aliphatic carbocycles. The van der Waals surface area contributed by atoms with Gasteiger partial charge in [0.2, 0.25) is 11.6 Å². The molecule has 0 aliphatic heterocycles. The molecule has 0 spiro atoms. The van der Waals surface area contributed by atoms with Crippen LogP contribution < -0.4 is 20.7 Å². The number of nitrogens with zero attached hydrogens (tertiary/aromatic N) is 3. The molecule has 2 aromatic rings. The minimum Gasteiger partial charge on any atom is -0.546 e. The van der Waals surface area contributed by atoms with Crippen molar-refractivity contribution >= 4 is 22.8 Å². The van der Waals surface area contributed by atoms with E-state index in [1.807, 2.05) is 6.07 Å². The molecule has 1 heterocycles. The quantitative estimate of drug-likeness (QED) is 0.319. The van der Waals surface area contributed by atoms with Gasteiger partial charge in [0.25, 0.3) is 0 Å². The first-order valence-corrected chi connectivity index (χ1v) is 8.72. The molecule has 1 aromatic carbocycles. The van der Waals surface area contributed by atoms with Gasteiger partial charge in [-0.25, -0.2) is 0 Å². The van der Waals surface area contributed by atoms with Crippen LogP contribution in [0.25, 0.3) is 0 Å². The zero-order valence-corrected chi connectivity index (χ0v) is 15.0. The van der Waals surface area contributed by atoms with E-state index in [1.54, 1.807) is 31.3 Å². The van der Waals surface area contributed by atoms with Crippen LogP contribution in [-0.4, -0.2) is 63.3 Å². The highest BCUT2D eigenvalue weighted by Crippen LogP contribution is 2.21. The smallest absolute Gasteiger partial charge is 0.232 e. The van der Waals surface area contributed by atoms with Crippen molar-refractivity contribution in [3.05, 3.63) is 29.8 Å². The fraction of sp³-hybridized carbons (Fsp3) is 0.400. The summed E-state index contributed by atoms with van der Waals surface area (Å²) in [6, 6.07) is 8.92. The summed E-state index contributed by atoms with van der Waals surface area (Å²) in [5.41, 5.74) is 0.434.